The van der Waals surface area contributed by atoms with Gasteiger partial charge in [0.1, 0.15) is 0 Å². The Morgan fingerprint density at radius 2 is 1.61 bits per heavy atom. The number of fused-ring (bicyclic) bond motifs is 1. The lowest BCUT2D eigenvalue weighted by atomic mass is 9.80. The molecule has 0 N–H and O–H groups in total. The Bertz CT molecular complexity index is 900. The molecule has 2 aromatic rings. The Balaban J connectivity index is 1.68. The number of nitrogens with zero attached hydrogens (tertiary/aromatic N) is 2. The summed E-state index contributed by atoms with van der Waals surface area (Å²) in [6, 6.07) is 21.4. The van der Waals surface area contributed by atoms with Crippen molar-refractivity contribution in [2.24, 2.45) is 11.8 Å². The fourth-order valence-corrected chi connectivity index (χ4v) is 5.50. The summed E-state index contributed by atoms with van der Waals surface area (Å²) in [7, 11) is 1.40. The second kappa shape index (κ2) is 12.8. The molecule has 0 aromatic heterocycles. The number of hydrogen-bond donors (Lipinski definition) is 0. The standard InChI is InChI=1S/C29H40N2O5/c1-5-34-28-17-24(26-18-27(29(32)33-4)35-31(26)36-28)25(16-21(2)3)30(19-22-12-8-6-9-13-22)20-23-14-10-7-11-15-23/h6-15,21,24-28H,5,16-20H2,1-4H3/t24-,25+,26-,27+,28+/m1/s1. The van der Waals surface area contributed by atoms with Gasteiger partial charge in [-0.1, -0.05) is 79.7 Å². The molecule has 0 unspecified atom stereocenters. The zero-order chi connectivity index (χ0) is 25.5. The molecule has 0 aliphatic carbocycles. The molecule has 0 amide bonds. The summed E-state index contributed by atoms with van der Waals surface area (Å²) in [6.07, 6.45) is 1.20. The first kappa shape index (κ1) is 26.8. The van der Waals surface area contributed by atoms with Gasteiger partial charge in [-0.3, -0.25) is 9.74 Å². The van der Waals surface area contributed by atoms with Crippen LogP contribution in [0, 0.1) is 11.8 Å². The van der Waals surface area contributed by atoms with E-state index in [1.165, 1.54) is 23.5 Å². The van der Waals surface area contributed by atoms with Gasteiger partial charge in [0.2, 0.25) is 0 Å². The number of carbonyl (C=O) groups excluding carboxylic acids is 1. The van der Waals surface area contributed by atoms with E-state index < -0.39 is 12.4 Å². The molecule has 2 heterocycles. The van der Waals surface area contributed by atoms with Crippen LogP contribution in [0.25, 0.3) is 0 Å². The molecule has 196 valence electrons. The Kier molecular flexibility index (Phi) is 9.51. The molecular formula is C29H40N2O5. The molecule has 2 saturated heterocycles. The van der Waals surface area contributed by atoms with Crippen molar-refractivity contribution in [3.8, 4) is 0 Å². The van der Waals surface area contributed by atoms with E-state index in [4.69, 9.17) is 19.1 Å². The molecule has 36 heavy (non-hydrogen) atoms. The second-order valence-electron chi connectivity index (χ2n) is 10.2. The summed E-state index contributed by atoms with van der Waals surface area (Å²) in [5.41, 5.74) is 2.56. The van der Waals surface area contributed by atoms with E-state index in [1.807, 2.05) is 6.92 Å². The topological polar surface area (TPSA) is 60.5 Å². The molecule has 5 atom stereocenters. The summed E-state index contributed by atoms with van der Waals surface area (Å²) >= 11 is 0. The number of benzene rings is 2. The number of hydroxylamine groups is 2. The molecule has 0 spiro atoms. The average Bonchev–Trinajstić information content (AvgIpc) is 3.32. The smallest absolute Gasteiger partial charge is 0.337 e. The molecule has 7 heteroatoms. The van der Waals surface area contributed by atoms with Crippen molar-refractivity contribution >= 4 is 5.97 Å². The minimum Gasteiger partial charge on any atom is -0.467 e. The fraction of sp³-hybridized carbons (Fsp3) is 0.552. The zero-order valence-corrected chi connectivity index (χ0v) is 21.9. The van der Waals surface area contributed by atoms with Crippen molar-refractivity contribution in [3.63, 3.8) is 0 Å². The Hall–Kier alpha value is -2.29. The maximum atomic E-state index is 12.4. The van der Waals surface area contributed by atoms with Crippen LogP contribution in [-0.2, 0) is 37.0 Å². The van der Waals surface area contributed by atoms with Gasteiger partial charge >= 0.3 is 5.97 Å². The van der Waals surface area contributed by atoms with Gasteiger partial charge in [0.25, 0.3) is 0 Å². The lowest BCUT2D eigenvalue weighted by Gasteiger charge is -2.46. The maximum absolute atomic E-state index is 12.4. The minimum atomic E-state index is -0.667. The van der Waals surface area contributed by atoms with Crippen LogP contribution in [-0.4, -0.2) is 54.3 Å². The predicted octanol–water partition coefficient (Wildman–Crippen LogP) is 4.97. The van der Waals surface area contributed by atoms with Crippen LogP contribution in [0.3, 0.4) is 0 Å². The molecular weight excluding hydrogens is 456 g/mol. The van der Waals surface area contributed by atoms with Crippen molar-refractivity contribution in [1.82, 2.24) is 10.1 Å². The van der Waals surface area contributed by atoms with Gasteiger partial charge in [-0.2, -0.15) is 0 Å². The van der Waals surface area contributed by atoms with Crippen LogP contribution < -0.4 is 0 Å². The number of methoxy groups -OCH3 is 1. The van der Waals surface area contributed by atoms with E-state index in [9.17, 15) is 4.79 Å². The van der Waals surface area contributed by atoms with Gasteiger partial charge in [0.15, 0.2) is 12.4 Å². The van der Waals surface area contributed by atoms with E-state index in [0.717, 1.165) is 25.9 Å². The van der Waals surface area contributed by atoms with E-state index in [-0.39, 0.29) is 24.0 Å². The molecule has 7 nitrogen and oxygen atoms in total. The highest BCUT2D eigenvalue weighted by Gasteiger charge is 2.51. The average molecular weight is 497 g/mol. The van der Waals surface area contributed by atoms with Gasteiger partial charge in [-0.25, -0.2) is 9.63 Å². The summed E-state index contributed by atoms with van der Waals surface area (Å²) in [4.78, 5) is 26.9. The molecule has 2 aromatic carbocycles. The lowest BCUT2D eigenvalue weighted by Crippen LogP contribution is -2.54. The van der Waals surface area contributed by atoms with Crippen LogP contribution in [0.1, 0.15) is 51.2 Å². The van der Waals surface area contributed by atoms with Gasteiger partial charge in [0, 0.05) is 38.6 Å². The molecule has 4 rings (SSSR count). The van der Waals surface area contributed by atoms with Crippen molar-refractivity contribution in [2.75, 3.05) is 13.7 Å². The number of hydrogen-bond acceptors (Lipinski definition) is 7. The third-order valence-electron chi connectivity index (χ3n) is 7.09. The number of carbonyl (C=O) groups is 1. The Labute approximate surface area is 215 Å². The maximum Gasteiger partial charge on any atom is 0.337 e. The van der Waals surface area contributed by atoms with Crippen LogP contribution in [0.15, 0.2) is 60.7 Å². The molecule has 2 fully saturated rings. The van der Waals surface area contributed by atoms with Crippen molar-refractivity contribution in [2.45, 2.75) is 77.6 Å². The normalized spacial score (nSPS) is 25.2. The van der Waals surface area contributed by atoms with Crippen LogP contribution >= 0.6 is 0 Å². The predicted molar refractivity (Wildman–Crippen MR) is 137 cm³/mol. The van der Waals surface area contributed by atoms with Crippen molar-refractivity contribution in [1.29, 1.82) is 0 Å². The van der Waals surface area contributed by atoms with E-state index in [2.05, 4.69) is 79.4 Å². The van der Waals surface area contributed by atoms with Crippen molar-refractivity contribution in [3.05, 3.63) is 71.8 Å². The quantitative estimate of drug-likeness (QED) is 0.407. The number of esters is 1. The number of rotatable bonds is 11. The highest BCUT2D eigenvalue weighted by molar-refractivity contribution is 5.74. The molecule has 2 aliphatic rings. The van der Waals surface area contributed by atoms with Crippen LogP contribution in [0.2, 0.25) is 0 Å². The highest BCUT2D eigenvalue weighted by atomic mass is 17.0. The third kappa shape index (κ3) is 6.72. The SMILES string of the molecule is CCO[C@@H]1C[C@H]([C@H](CC(C)C)N(Cc2ccccc2)Cc2ccccc2)[C@H]2C[C@@H](C(=O)OC)ON2O1. The number of ether oxygens (including phenoxy) is 2. The molecule has 2 aliphatic heterocycles. The second-order valence-corrected chi connectivity index (χ2v) is 10.2. The summed E-state index contributed by atoms with van der Waals surface area (Å²) in [5, 5.41) is 1.53. The highest BCUT2D eigenvalue weighted by Crippen LogP contribution is 2.41. The summed E-state index contributed by atoms with van der Waals surface area (Å²) in [5.74, 6) is 0.301. The lowest BCUT2D eigenvalue weighted by molar-refractivity contribution is -0.442. The summed E-state index contributed by atoms with van der Waals surface area (Å²) < 4.78 is 10.9. The van der Waals surface area contributed by atoms with Gasteiger partial charge in [-0.15, -0.1) is 0 Å². The zero-order valence-electron chi connectivity index (χ0n) is 21.9. The van der Waals surface area contributed by atoms with Gasteiger partial charge < -0.3 is 9.47 Å². The van der Waals surface area contributed by atoms with Crippen LogP contribution in [0.4, 0.5) is 0 Å². The van der Waals surface area contributed by atoms with Crippen molar-refractivity contribution < 1.29 is 23.9 Å². The fourth-order valence-electron chi connectivity index (χ4n) is 5.50. The van der Waals surface area contributed by atoms with Gasteiger partial charge in [-0.05, 0) is 36.3 Å². The molecule has 0 saturated carbocycles. The Morgan fingerprint density at radius 3 is 2.14 bits per heavy atom. The van der Waals surface area contributed by atoms with E-state index in [1.54, 1.807) is 0 Å². The Morgan fingerprint density at radius 1 is 1.00 bits per heavy atom. The van der Waals surface area contributed by atoms with Crippen LogP contribution in [0.5, 0.6) is 0 Å². The largest absolute Gasteiger partial charge is 0.467 e. The molecule has 0 radical (unpaired) electrons. The first-order valence-electron chi connectivity index (χ1n) is 13.1. The van der Waals surface area contributed by atoms with Gasteiger partial charge in [0.05, 0.1) is 13.2 Å². The first-order chi connectivity index (χ1) is 17.5. The minimum absolute atomic E-state index is 0.0661. The first-order valence-corrected chi connectivity index (χ1v) is 13.1. The summed E-state index contributed by atoms with van der Waals surface area (Å²) in [6.45, 7) is 8.72. The third-order valence-corrected chi connectivity index (χ3v) is 7.09. The monoisotopic (exact) mass is 496 g/mol. The molecule has 0 bridgehead atoms. The van der Waals surface area contributed by atoms with E-state index in [0.29, 0.717) is 18.9 Å². The van der Waals surface area contributed by atoms with E-state index >= 15 is 0 Å².